The van der Waals surface area contributed by atoms with Crippen molar-refractivity contribution < 1.29 is 14.3 Å². The Labute approximate surface area is 191 Å². The van der Waals surface area contributed by atoms with Gasteiger partial charge in [-0.15, -0.1) is 0 Å². The van der Waals surface area contributed by atoms with Gasteiger partial charge in [-0.25, -0.2) is 0 Å². The lowest BCUT2D eigenvalue weighted by molar-refractivity contribution is -0.120. The van der Waals surface area contributed by atoms with Gasteiger partial charge in [-0.1, -0.05) is 43.0 Å². The van der Waals surface area contributed by atoms with Gasteiger partial charge in [0.1, 0.15) is 6.29 Å². The van der Waals surface area contributed by atoms with Gasteiger partial charge in [0.15, 0.2) is 0 Å². The van der Waals surface area contributed by atoms with E-state index in [0.29, 0.717) is 25.0 Å². The summed E-state index contributed by atoms with van der Waals surface area (Å²) in [4.78, 5) is 27.4. The smallest absolute Gasteiger partial charge is 0.224 e. The van der Waals surface area contributed by atoms with Gasteiger partial charge in [0.05, 0.1) is 13.0 Å². The van der Waals surface area contributed by atoms with Crippen LogP contribution < -0.4 is 5.32 Å². The van der Waals surface area contributed by atoms with Gasteiger partial charge in [-0.3, -0.25) is 9.59 Å². The van der Waals surface area contributed by atoms with Crippen LogP contribution in [-0.4, -0.2) is 62.4 Å². The molecule has 32 heavy (non-hydrogen) atoms. The van der Waals surface area contributed by atoms with Crippen LogP contribution in [0.5, 0.6) is 0 Å². The molecule has 1 heterocycles. The van der Waals surface area contributed by atoms with Crippen LogP contribution >= 0.6 is 0 Å². The maximum absolute atomic E-state index is 11.6. The Morgan fingerprint density at radius 3 is 2.81 bits per heavy atom. The third-order valence-corrected chi connectivity index (χ3v) is 5.20. The van der Waals surface area contributed by atoms with Crippen molar-refractivity contribution in [3.8, 4) is 0 Å². The maximum atomic E-state index is 11.6. The van der Waals surface area contributed by atoms with Crippen LogP contribution in [0.2, 0.25) is 0 Å². The number of aldehydes is 1. The fraction of sp³-hybridized carbons (Fsp3) is 0.385. The van der Waals surface area contributed by atoms with Crippen molar-refractivity contribution in [1.82, 2.24) is 15.1 Å². The minimum Gasteiger partial charge on any atom is -0.380 e. The maximum Gasteiger partial charge on any atom is 0.224 e. The van der Waals surface area contributed by atoms with Crippen LogP contribution in [0.3, 0.4) is 0 Å². The van der Waals surface area contributed by atoms with Crippen molar-refractivity contribution in [3.05, 3.63) is 83.7 Å². The fourth-order valence-electron chi connectivity index (χ4n) is 3.48. The van der Waals surface area contributed by atoms with Crippen molar-refractivity contribution in [2.75, 3.05) is 40.4 Å². The molecule has 1 amide bonds. The Bertz CT molecular complexity index is 850. The fourth-order valence-corrected chi connectivity index (χ4v) is 3.48. The molecule has 0 atom stereocenters. The van der Waals surface area contributed by atoms with Crippen molar-refractivity contribution in [3.63, 3.8) is 0 Å². The van der Waals surface area contributed by atoms with Gasteiger partial charge in [0, 0.05) is 46.0 Å². The molecule has 1 aromatic carbocycles. The number of allylic oxidation sites excluding steroid dienone is 5. The molecule has 1 saturated heterocycles. The molecule has 6 nitrogen and oxygen atoms in total. The zero-order chi connectivity index (χ0) is 23.2. The van der Waals surface area contributed by atoms with Crippen molar-refractivity contribution >= 4 is 12.2 Å². The molecule has 0 spiro atoms. The number of hydrogen-bond donors (Lipinski definition) is 1. The average molecular weight is 438 g/mol. The van der Waals surface area contributed by atoms with Crippen molar-refractivity contribution in [2.45, 2.75) is 25.8 Å². The SMILES string of the molecule is C=C/C(=C\C=C(\C=O)C/C=C\N(C)Cc1cccc(CC(=O)NC)c1)N1CCCOCC1. The first kappa shape index (κ1) is 25.1. The summed E-state index contributed by atoms with van der Waals surface area (Å²) in [5.41, 5.74) is 3.83. The molecule has 172 valence electrons. The highest BCUT2D eigenvalue weighted by atomic mass is 16.5. The van der Waals surface area contributed by atoms with Gasteiger partial charge < -0.3 is 19.9 Å². The zero-order valence-corrected chi connectivity index (χ0v) is 19.3. The van der Waals surface area contributed by atoms with Crippen molar-refractivity contribution in [2.24, 2.45) is 0 Å². The standard InChI is InChI=1S/C26H35N3O3/c1-4-25(29-14-7-16-32-17-15-29)12-11-22(21-30)10-6-13-28(3)20-24-9-5-8-23(18-24)19-26(31)27-2/h4-6,8-9,11-13,18,21H,1,7,10,14-17,19-20H2,2-3H3,(H,27,31)/b13-6-,22-11+,25-12+. The predicted molar refractivity (Wildman–Crippen MR) is 129 cm³/mol. The summed E-state index contributed by atoms with van der Waals surface area (Å²) in [5, 5.41) is 2.65. The molecule has 1 aliphatic rings. The van der Waals surface area contributed by atoms with E-state index < -0.39 is 0 Å². The van der Waals surface area contributed by atoms with Gasteiger partial charge >= 0.3 is 0 Å². The van der Waals surface area contributed by atoms with Crippen LogP contribution in [0.15, 0.2) is 72.6 Å². The summed E-state index contributed by atoms with van der Waals surface area (Å²) in [6, 6.07) is 8.02. The minimum atomic E-state index is 0.00131. The van der Waals surface area contributed by atoms with Gasteiger partial charge in [-0.2, -0.15) is 0 Å². The number of amides is 1. The number of benzene rings is 1. The van der Waals surface area contributed by atoms with E-state index in [2.05, 4.69) is 21.7 Å². The summed E-state index contributed by atoms with van der Waals surface area (Å²) in [6.07, 6.45) is 12.4. The topological polar surface area (TPSA) is 61.9 Å². The van der Waals surface area contributed by atoms with E-state index in [4.69, 9.17) is 4.74 Å². The van der Waals surface area contributed by atoms with E-state index in [1.807, 2.05) is 61.8 Å². The van der Waals surface area contributed by atoms with Crippen LogP contribution in [0.25, 0.3) is 0 Å². The Kier molecular flexibility index (Phi) is 11.0. The first-order chi connectivity index (χ1) is 15.5. The van der Waals surface area contributed by atoms with E-state index in [9.17, 15) is 9.59 Å². The first-order valence-corrected chi connectivity index (χ1v) is 11.0. The second kappa shape index (κ2) is 14.0. The van der Waals surface area contributed by atoms with Gasteiger partial charge in [-0.05, 0) is 47.9 Å². The lowest BCUT2D eigenvalue weighted by Crippen LogP contribution is -2.24. The molecular weight excluding hydrogens is 402 g/mol. The van der Waals surface area contributed by atoms with E-state index in [1.54, 1.807) is 7.05 Å². The number of rotatable bonds is 11. The van der Waals surface area contributed by atoms with E-state index in [1.165, 1.54) is 0 Å². The molecule has 0 aromatic heterocycles. The molecule has 1 aliphatic heterocycles. The Morgan fingerprint density at radius 2 is 2.06 bits per heavy atom. The minimum absolute atomic E-state index is 0.00131. The number of nitrogens with zero attached hydrogens (tertiary/aromatic N) is 2. The largest absolute Gasteiger partial charge is 0.380 e. The van der Waals surface area contributed by atoms with Gasteiger partial charge in [0.2, 0.25) is 5.91 Å². The summed E-state index contributed by atoms with van der Waals surface area (Å²) in [6.45, 7) is 7.88. The summed E-state index contributed by atoms with van der Waals surface area (Å²) < 4.78 is 5.51. The Morgan fingerprint density at radius 1 is 1.25 bits per heavy atom. The van der Waals surface area contributed by atoms with Crippen LogP contribution in [-0.2, 0) is 27.3 Å². The molecule has 1 aromatic rings. The highest BCUT2D eigenvalue weighted by Gasteiger charge is 2.09. The third-order valence-electron chi connectivity index (χ3n) is 5.20. The summed E-state index contributed by atoms with van der Waals surface area (Å²) in [7, 11) is 3.63. The molecule has 0 bridgehead atoms. The number of carbonyl (C=O) groups excluding carboxylic acids is 2. The summed E-state index contributed by atoms with van der Waals surface area (Å²) in [5.74, 6) is 0.00131. The molecule has 1 N–H and O–H groups in total. The van der Waals surface area contributed by atoms with Crippen molar-refractivity contribution in [1.29, 1.82) is 0 Å². The second-order valence-corrected chi connectivity index (χ2v) is 7.78. The average Bonchev–Trinajstić information content (AvgIpc) is 3.08. The molecule has 0 unspecified atom stereocenters. The molecule has 1 fully saturated rings. The van der Waals surface area contributed by atoms with Crippen LogP contribution in [0.4, 0.5) is 0 Å². The molecule has 0 radical (unpaired) electrons. The highest BCUT2D eigenvalue weighted by Crippen LogP contribution is 2.12. The van der Waals surface area contributed by atoms with Crippen LogP contribution in [0.1, 0.15) is 24.0 Å². The first-order valence-electron chi connectivity index (χ1n) is 11.0. The normalized spacial score (nSPS) is 15.4. The Hall–Kier alpha value is -3.12. The highest BCUT2D eigenvalue weighted by molar-refractivity contribution is 5.78. The lowest BCUT2D eigenvalue weighted by Gasteiger charge is -2.22. The second-order valence-electron chi connectivity index (χ2n) is 7.78. The predicted octanol–water partition coefficient (Wildman–Crippen LogP) is 3.23. The molecule has 0 saturated carbocycles. The van der Waals surface area contributed by atoms with E-state index >= 15 is 0 Å². The lowest BCUT2D eigenvalue weighted by atomic mass is 10.1. The zero-order valence-electron chi connectivity index (χ0n) is 19.3. The van der Waals surface area contributed by atoms with Gasteiger partial charge in [0.25, 0.3) is 0 Å². The third kappa shape index (κ3) is 8.94. The monoisotopic (exact) mass is 437 g/mol. The number of hydrogen-bond acceptors (Lipinski definition) is 5. The van der Waals surface area contributed by atoms with E-state index in [0.717, 1.165) is 55.8 Å². The molecule has 6 heteroatoms. The Balaban J connectivity index is 1.93. The number of likely N-dealkylation sites (N-methyl/N-ethyl adjacent to an activating group) is 1. The number of carbonyl (C=O) groups is 2. The molecular formula is C26H35N3O3. The number of nitrogens with one attached hydrogen (secondary N) is 1. The molecule has 0 aliphatic carbocycles. The quantitative estimate of drug-likeness (QED) is 0.327. The van der Waals surface area contributed by atoms with Crippen LogP contribution in [0, 0.1) is 0 Å². The summed E-state index contributed by atoms with van der Waals surface area (Å²) >= 11 is 0. The molecule has 2 rings (SSSR count). The van der Waals surface area contributed by atoms with E-state index in [-0.39, 0.29) is 5.91 Å². The number of ether oxygens (including phenoxy) is 1.